The second kappa shape index (κ2) is 9.20. The third kappa shape index (κ3) is 3.09. The van der Waals surface area contributed by atoms with Crippen LogP contribution in [0.3, 0.4) is 0 Å². The minimum Gasteiger partial charge on any atom is -0.507 e. The maximum Gasteiger partial charge on any atom is 0.231 e. The Hall–Kier alpha value is -4.10. The second-order valence-electron chi connectivity index (χ2n) is 10.8. The van der Waals surface area contributed by atoms with Crippen molar-refractivity contribution in [2.75, 3.05) is 28.4 Å². The maximum atomic E-state index is 14.0. The molecule has 222 valence electrons. The zero-order valence-corrected chi connectivity index (χ0v) is 23.8. The summed E-state index contributed by atoms with van der Waals surface area (Å²) in [5.74, 6) is -2.52. The Bertz CT molecular complexity index is 1650. The van der Waals surface area contributed by atoms with Crippen LogP contribution in [0.25, 0.3) is 0 Å². The first-order chi connectivity index (χ1) is 20.0. The van der Waals surface area contributed by atoms with Crippen molar-refractivity contribution in [3.05, 3.63) is 68.2 Å². The van der Waals surface area contributed by atoms with E-state index in [1.807, 2.05) is 0 Å². The summed E-state index contributed by atoms with van der Waals surface area (Å²) in [5, 5.41) is 44.1. The second-order valence-corrected chi connectivity index (χ2v) is 10.8. The molecule has 2 spiro atoms. The Balaban J connectivity index is 1.97. The van der Waals surface area contributed by atoms with Crippen LogP contribution in [0.1, 0.15) is 68.8 Å². The van der Waals surface area contributed by atoms with Gasteiger partial charge in [0.05, 0.1) is 51.8 Å². The molecule has 2 aromatic carbocycles. The molecule has 12 heteroatoms. The number of rotatable bonds is 8. The predicted molar refractivity (Wildman–Crippen MR) is 143 cm³/mol. The van der Waals surface area contributed by atoms with E-state index < -0.39 is 46.5 Å². The molecule has 2 heterocycles. The fraction of sp³-hybridized carbons (Fsp3) is 0.400. The number of ketones is 2. The Kier molecular flexibility index (Phi) is 6.14. The number of aliphatic hydroxyl groups is 2. The van der Waals surface area contributed by atoms with Gasteiger partial charge in [-0.25, -0.2) is 9.78 Å². The van der Waals surface area contributed by atoms with Crippen molar-refractivity contribution in [2.24, 2.45) is 0 Å². The minimum absolute atomic E-state index is 0.0423. The lowest BCUT2D eigenvalue weighted by Gasteiger charge is -2.57. The summed E-state index contributed by atoms with van der Waals surface area (Å²) in [5.41, 5.74) is -3.16. The molecule has 4 atom stereocenters. The Labute approximate surface area is 240 Å². The molecule has 0 radical (unpaired) electrons. The van der Waals surface area contributed by atoms with Gasteiger partial charge in [0.15, 0.2) is 28.6 Å². The zero-order valence-electron chi connectivity index (χ0n) is 23.8. The largest absolute Gasteiger partial charge is 0.507 e. The minimum atomic E-state index is -1.94. The van der Waals surface area contributed by atoms with Crippen LogP contribution >= 0.6 is 0 Å². The number of ether oxygens (including phenoxy) is 4. The highest BCUT2D eigenvalue weighted by Crippen LogP contribution is 2.70. The maximum absolute atomic E-state index is 14.0. The number of aromatic hydroxyl groups is 2. The van der Waals surface area contributed by atoms with E-state index in [2.05, 4.69) is 0 Å². The lowest BCUT2D eigenvalue weighted by atomic mass is 9.56. The molecule has 0 amide bonds. The molecule has 0 aromatic heterocycles. The normalized spacial score (nSPS) is 24.5. The van der Waals surface area contributed by atoms with E-state index in [-0.39, 0.29) is 80.4 Å². The predicted octanol–water partition coefficient (Wildman–Crippen LogP) is 2.40. The summed E-state index contributed by atoms with van der Waals surface area (Å²) in [6, 6.07) is 1.24. The average molecular weight is 583 g/mol. The molecule has 0 saturated carbocycles. The molecule has 4 N–H and O–H groups in total. The van der Waals surface area contributed by atoms with E-state index in [4.69, 9.17) is 28.7 Å². The molecule has 0 saturated heterocycles. The summed E-state index contributed by atoms with van der Waals surface area (Å²) < 4.78 is 22.7. The summed E-state index contributed by atoms with van der Waals surface area (Å²) in [4.78, 5) is 40.3. The van der Waals surface area contributed by atoms with Crippen molar-refractivity contribution in [2.45, 2.75) is 50.1 Å². The lowest BCUT2D eigenvalue weighted by molar-refractivity contribution is -0.417. The van der Waals surface area contributed by atoms with Crippen molar-refractivity contribution in [1.29, 1.82) is 0 Å². The van der Waals surface area contributed by atoms with Crippen molar-refractivity contribution < 1.29 is 58.7 Å². The highest BCUT2D eigenvalue weighted by molar-refractivity contribution is 6.16. The van der Waals surface area contributed by atoms with E-state index in [9.17, 15) is 30.0 Å². The molecule has 42 heavy (non-hydrogen) atoms. The number of hydrogen-bond donors (Lipinski definition) is 4. The highest BCUT2D eigenvalue weighted by Gasteiger charge is 2.71. The summed E-state index contributed by atoms with van der Waals surface area (Å²) in [6.45, 7) is 3.04. The number of aliphatic hydroxyl groups excluding tert-OH is 2. The number of carbonyl (C=O) groups is 2. The van der Waals surface area contributed by atoms with Crippen LogP contribution < -0.4 is 9.47 Å². The van der Waals surface area contributed by atoms with Gasteiger partial charge in [-0.3, -0.25) is 9.59 Å². The number of fused-ring (bicyclic) bond motifs is 1. The number of phenolic OH excluding ortho intramolecular Hbond substituents is 2. The van der Waals surface area contributed by atoms with E-state index in [0.717, 1.165) is 6.08 Å². The molecule has 2 bridgehead atoms. The lowest BCUT2D eigenvalue weighted by Crippen LogP contribution is -2.59. The molecule has 0 fully saturated rings. The molecule has 2 aliphatic heterocycles. The number of methoxy groups -OCH3 is 4. The molecule has 3 aliphatic carbocycles. The first kappa shape index (κ1) is 28.0. The Morgan fingerprint density at radius 2 is 1.45 bits per heavy atom. The van der Waals surface area contributed by atoms with E-state index in [1.54, 1.807) is 0 Å². The molecule has 0 unspecified atom stereocenters. The zero-order chi connectivity index (χ0) is 30.5. The van der Waals surface area contributed by atoms with E-state index >= 15 is 0 Å². The fourth-order valence-corrected chi connectivity index (χ4v) is 7.03. The molecule has 12 nitrogen and oxygen atoms in total. The Morgan fingerprint density at radius 1 is 0.810 bits per heavy atom. The number of allylic oxidation sites excluding steroid dienone is 2. The van der Waals surface area contributed by atoms with Crippen LogP contribution in [0.5, 0.6) is 23.0 Å². The van der Waals surface area contributed by atoms with Gasteiger partial charge in [0.25, 0.3) is 0 Å². The average Bonchev–Trinajstić information content (AvgIpc) is 2.94. The molecule has 2 aromatic rings. The van der Waals surface area contributed by atoms with Crippen molar-refractivity contribution in [3.8, 4) is 23.0 Å². The fourth-order valence-electron chi connectivity index (χ4n) is 7.03. The molecule has 7 rings (SSSR count). The molecular weight excluding hydrogens is 552 g/mol. The van der Waals surface area contributed by atoms with Gasteiger partial charge in [-0.05, 0) is 13.8 Å². The molecule has 5 aliphatic rings. The first-order valence-electron chi connectivity index (χ1n) is 13.2. The molecular formula is C30H30O12. The number of benzene rings is 2. The van der Waals surface area contributed by atoms with Crippen molar-refractivity contribution >= 4 is 11.6 Å². The van der Waals surface area contributed by atoms with E-state index in [0.29, 0.717) is 0 Å². The van der Waals surface area contributed by atoms with Crippen molar-refractivity contribution in [3.63, 3.8) is 0 Å². The summed E-state index contributed by atoms with van der Waals surface area (Å²) in [7, 11) is 5.26. The monoisotopic (exact) mass is 582 g/mol. The SMILES string of the molecule is COC1=CC(=O)c2c(O)c(OC)c(C[C@H](C)O)c3c2[C@@]12OO[C@]31C(C[C@H](C)O)=C(OC)C(=O)c3c(O)cc(OC)c2c31. The third-order valence-electron chi connectivity index (χ3n) is 8.33. The number of phenols is 2. The van der Waals surface area contributed by atoms with Gasteiger partial charge in [0.1, 0.15) is 17.3 Å². The van der Waals surface area contributed by atoms with Crippen LogP contribution in [0.4, 0.5) is 0 Å². The van der Waals surface area contributed by atoms with Gasteiger partial charge < -0.3 is 39.4 Å². The summed E-state index contributed by atoms with van der Waals surface area (Å²) >= 11 is 0. The van der Waals surface area contributed by atoms with Gasteiger partial charge in [-0.15, -0.1) is 0 Å². The Morgan fingerprint density at radius 3 is 2.02 bits per heavy atom. The van der Waals surface area contributed by atoms with E-state index in [1.165, 1.54) is 48.4 Å². The highest BCUT2D eigenvalue weighted by atomic mass is 17.2. The van der Waals surface area contributed by atoms with Crippen LogP contribution in [0.15, 0.2) is 29.2 Å². The number of Topliss-reactive ketones (excluding diaryl/α,β-unsaturated/α-hetero) is 1. The van der Waals surface area contributed by atoms with Crippen LogP contribution in [0.2, 0.25) is 0 Å². The van der Waals surface area contributed by atoms with Gasteiger partial charge in [-0.2, -0.15) is 0 Å². The van der Waals surface area contributed by atoms with Gasteiger partial charge in [-0.1, -0.05) is 0 Å². The number of hydrogen-bond acceptors (Lipinski definition) is 12. The van der Waals surface area contributed by atoms with Gasteiger partial charge >= 0.3 is 0 Å². The summed E-state index contributed by atoms with van der Waals surface area (Å²) in [6.07, 6.45) is -1.14. The van der Waals surface area contributed by atoms with Crippen LogP contribution in [-0.4, -0.2) is 72.6 Å². The van der Waals surface area contributed by atoms with Gasteiger partial charge in [0.2, 0.25) is 11.4 Å². The quantitative estimate of drug-likeness (QED) is 0.336. The van der Waals surface area contributed by atoms with Crippen LogP contribution in [-0.2, 0) is 36.9 Å². The smallest absolute Gasteiger partial charge is 0.231 e. The third-order valence-corrected chi connectivity index (χ3v) is 8.33. The number of carbonyl (C=O) groups excluding carboxylic acids is 2. The standard InChI is InChI=1S/C30H30O12/c1-11(31)7-13-21-23-20(25(35)27(13)39-5)16(34)10-18(38-4)30(23)22-17(37-3)9-15(33)19-24(22)29(21,41-42-30)14(8-12(2)32)28(40-6)26(19)36/h9-12,31-33,35H,7-8H2,1-6H3/t11-,12-,29+,30+/m0/s1. The topological polar surface area (TPSA) is 170 Å². The van der Waals surface area contributed by atoms with Crippen molar-refractivity contribution in [1.82, 2.24) is 0 Å². The van der Waals surface area contributed by atoms with Crippen LogP contribution in [0, 0.1) is 0 Å². The first-order valence-corrected chi connectivity index (χ1v) is 13.2. The van der Waals surface area contributed by atoms with Gasteiger partial charge in [0, 0.05) is 58.4 Å².